The Labute approximate surface area is 169 Å². The van der Waals surface area contributed by atoms with Gasteiger partial charge < -0.3 is 4.74 Å². The molecule has 0 aliphatic heterocycles. The average molecular weight is 422 g/mol. The standard InChI is InChI=1S/C20H17Cl2NO3S/c1-23(27(24,25)20-13-16(21)7-12-19(20)22)17-8-10-18(11-9-17)26-14-15-5-3-2-4-6-15/h2-13H,14H2,1H3. The van der Waals surface area contributed by atoms with Crippen LogP contribution in [0.4, 0.5) is 5.69 Å². The maximum Gasteiger partial charge on any atom is 0.265 e. The lowest BCUT2D eigenvalue weighted by Crippen LogP contribution is -2.26. The number of sulfonamides is 1. The molecule has 0 saturated heterocycles. The zero-order valence-electron chi connectivity index (χ0n) is 14.5. The van der Waals surface area contributed by atoms with Gasteiger partial charge >= 0.3 is 0 Å². The predicted molar refractivity (Wildman–Crippen MR) is 109 cm³/mol. The molecule has 0 fully saturated rings. The first-order chi connectivity index (χ1) is 12.9. The van der Waals surface area contributed by atoms with Crippen molar-refractivity contribution in [3.8, 4) is 5.75 Å². The zero-order chi connectivity index (χ0) is 19.4. The van der Waals surface area contributed by atoms with Gasteiger partial charge in [-0.25, -0.2) is 8.42 Å². The van der Waals surface area contributed by atoms with E-state index in [1.807, 2.05) is 30.3 Å². The van der Waals surface area contributed by atoms with E-state index in [9.17, 15) is 8.42 Å². The van der Waals surface area contributed by atoms with Crippen molar-refractivity contribution >= 4 is 38.9 Å². The molecule has 0 atom stereocenters. The first kappa shape index (κ1) is 19.5. The molecule has 3 aromatic rings. The summed E-state index contributed by atoms with van der Waals surface area (Å²) >= 11 is 12.0. The summed E-state index contributed by atoms with van der Waals surface area (Å²) in [5, 5.41) is 0.421. The van der Waals surface area contributed by atoms with Crippen LogP contribution >= 0.6 is 23.2 Å². The van der Waals surface area contributed by atoms with E-state index in [4.69, 9.17) is 27.9 Å². The summed E-state index contributed by atoms with van der Waals surface area (Å²) in [7, 11) is -2.37. The Hall–Kier alpha value is -2.21. The van der Waals surface area contributed by atoms with Crippen molar-refractivity contribution in [1.29, 1.82) is 0 Å². The Morgan fingerprint density at radius 1 is 0.926 bits per heavy atom. The first-order valence-corrected chi connectivity index (χ1v) is 10.3. The van der Waals surface area contributed by atoms with Gasteiger partial charge in [0.25, 0.3) is 10.0 Å². The summed E-state index contributed by atoms with van der Waals surface area (Å²) in [6.45, 7) is 0.437. The van der Waals surface area contributed by atoms with Gasteiger partial charge in [0.15, 0.2) is 0 Å². The van der Waals surface area contributed by atoms with Crippen LogP contribution in [0.1, 0.15) is 5.56 Å². The number of anilines is 1. The van der Waals surface area contributed by atoms with Gasteiger partial charge in [0.05, 0.1) is 10.7 Å². The van der Waals surface area contributed by atoms with E-state index >= 15 is 0 Å². The van der Waals surface area contributed by atoms with E-state index in [1.165, 1.54) is 19.2 Å². The SMILES string of the molecule is CN(c1ccc(OCc2ccccc2)cc1)S(=O)(=O)c1cc(Cl)ccc1Cl. The molecule has 0 heterocycles. The third-order valence-electron chi connectivity index (χ3n) is 3.98. The molecular formula is C20H17Cl2NO3S. The molecule has 0 unspecified atom stereocenters. The van der Waals surface area contributed by atoms with E-state index in [0.717, 1.165) is 9.87 Å². The first-order valence-electron chi connectivity index (χ1n) is 8.09. The van der Waals surface area contributed by atoms with Gasteiger partial charge in [-0.2, -0.15) is 0 Å². The third kappa shape index (κ3) is 4.56. The molecule has 0 amide bonds. The highest BCUT2D eigenvalue weighted by atomic mass is 35.5. The Bertz CT molecular complexity index is 1020. The molecule has 0 spiro atoms. The maximum absolute atomic E-state index is 12.9. The number of hydrogen-bond acceptors (Lipinski definition) is 3. The molecule has 7 heteroatoms. The van der Waals surface area contributed by atoms with E-state index in [1.54, 1.807) is 30.3 Å². The van der Waals surface area contributed by atoms with Gasteiger partial charge in [-0.3, -0.25) is 4.31 Å². The van der Waals surface area contributed by atoms with Crippen LogP contribution in [-0.2, 0) is 16.6 Å². The molecule has 0 N–H and O–H groups in total. The van der Waals surface area contributed by atoms with E-state index in [0.29, 0.717) is 23.1 Å². The van der Waals surface area contributed by atoms with Crippen LogP contribution in [0.3, 0.4) is 0 Å². The minimum atomic E-state index is -3.84. The quantitative estimate of drug-likeness (QED) is 0.535. The number of rotatable bonds is 6. The number of ether oxygens (including phenoxy) is 1. The number of nitrogens with zero attached hydrogens (tertiary/aromatic N) is 1. The molecule has 3 aromatic carbocycles. The van der Waals surface area contributed by atoms with Crippen molar-refractivity contribution < 1.29 is 13.2 Å². The van der Waals surface area contributed by atoms with E-state index in [2.05, 4.69) is 0 Å². The van der Waals surface area contributed by atoms with Crippen LogP contribution in [-0.4, -0.2) is 15.5 Å². The van der Waals surface area contributed by atoms with E-state index < -0.39 is 10.0 Å². The highest BCUT2D eigenvalue weighted by molar-refractivity contribution is 7.93. The fraction of sp³-hybridized carbons (Fsp3) is 0.100. The van der Waals surface area contributed by atoms with Crippen molar-refractivity contribution in [2.45, 2.75) is 11.5 Å². The number of halogens is 2. The predicted octanol–water partition coefficient (Wildman–Crippen LogP) is 5.40. The molecule has 27 heavy (non-hydrogen) atoms. The monoisotopic (exact) mass is 421 g/mol. The summed E-state index contributed by atoms with van der Waals surface area (Å²) in [4.78, 5) is -0.0384. The molecule has 0 radical (unpaired) electrons. The molecule has 140 valence electrons. The minimum absolute atomic E-state index is 0.0384. The number of hydrogen-bond donors (Lipinski definition) is 0. The van der Waals surface area contributed by atoms with Crippen LogP contribution in [0.5, 0.6) is 5.75 Å². The molecule has 0 aromatic heterocycles. The number of benzene rings is 3. The molecule has 3 rings (SSSR count). The van der Waals surface area contributed by atoms with Crippen molar-refractivity contribution in [3.05, 3.63) is 88.4 Å². The van der Waals surface area contributed by atoms with Crippen molar-refractivity contribution in [2.24, 2.45) is 0 Å². The Morgan fingerprint density at radius 2 is 1.59 bits per heavy atom. The van der Waals surface area contributed by atoms with Gasteiger partial charge in [0.2, 0.25) is 0 Å². The Balaban J connectivity index is 1.77. The molecule has 0 aliphatic rings. The minimum Gasteiger partial charge on any atom is -0.489 e. The van der Waals surface area contributed by atoms with Crippen LogP contribution in [0, 0.1) is 0 Å². The largest absolute Gasteiger partial charge is 0.489 e. The molecule has 0 aliphatic carbocycles. The topological polar surface area (TPSA) is 46.6 Å². The van der Waals surface area contributed by atoms with Crippen LogP contribution in [0.2, 0.25) is 10.0 Å². The summed E-state index contributed by atoms with van der Waals surface area (Å²) in [5.74, 6) is 0.647. The van der Waals surface area contributed by atoms with Gasteiger partial charge in [0.1, 0.15) is 17.3 Å². The summed E-state index contributed by atoms with van der Waals surface area (Å²) in [6, 6.07) is 20.9. The fourth-order valence-corrected chi connectivity index (χ4v) is 4.39. The Morgan fingerprint density at radius 3 is 2.26 bits per heavy atom. The van der Waals surface area contributed by atoms with Crippen molar-refractivity contribution in [1.82, 2.24) is 0 Å². The van der Waals surface area contributed by atoms with Crippen molar-refractivity contribution in [2.75, 3.05) is 11.4 Å². The fourth-order valence-electron chi connectivity index (χ4n) is 2.45. The third-order valence-corrected chi connectivity index (χ3v) is 6.48. The average Bonchev–Trinajstić information content (AvgIpc) is 2.68. The lowest BCUT2D eigenvalue weighted by atomic mass is 10.2. The normalized spacial score (nSPS) is 11.2. The second-order valence-electron chi connectivity index (χ2n) is 5.82. The molecule has 4 nitrogen and oxygen atoms in total. The van der Waals surface area contributed by atoms with Crippen LogP contribution in [0.25, 0.3) is 0 Å². The molecule has 0 bridgehead atoms. The zero-order valence-corrected chi connectivity index (χ0v) is 16.8. The summed E-state index contributed by atoms with van der Waals surface area (Å²) < 4.78 is 32.6. The van der Waals surface area contributed by atoms with Crippen LogP contribution < -0.4 is 9.04 Å². The van der Waals surface area contributed by atoms with Gasteiger partial charge in [0, 0.05) is 12.1 Å². The lowest BCUT2D eigenvalue weighted by Gasteiger charge is -2.20. The second-order valence-corrected chi connectivity index (χ2v) is 8.60. The van der Waals surface area contributed by atoms with E-state index in [-0.39, 0.29) is 9.92 Å². The highest BCUT2D eigenvalue weighted by Crippen LogP contribution is 2.30. The molecule has 0 saturated carbocycles. The van der Waals surface area contributed by atoms with Gasteiger partial charge in [-0.15, -0.1) is 0 Å². The van der Waals surface area contributed by atoms with Gasteiger partial charge in [-0.05, 0) is 48.0 Å². The van der Waals surface area contributed by atoms with Gasteiger partial charge in [-0.1, -0.05) is 53.5 Å². The second kappa shape index (κ2) is 8.21. The molecular weight excluding hydrogens is 405 g/mol. The summed E-state index contributed by atoms with van der Waals surface area (Å²) in [5.41, 5.74) is 1.54. The Kier molecular flexibility index (Phi) is 5.95. The van der Waals surface area contributed by atoms with Crippen molar-refractivity contribution in [3.63, 3.8) is 0 Å². The van der Waals surface area contributed by atoms with Crippen LogP contribution in [0.15, 0.2) is 77.7 Å². The smallest absolute Gasteiger partial charge is 0.265 e. The maximum atomic E-state index is 12.9. The summed E-state index contributed by atoms with van der Waals surface area (Å²) in [6.07, 6.45) is 0. The highest BCUT2D eigenvalue weighted by Gasteiger charge is 2.24. The lowest BCUT2D eigenvalue weighted by molar-refractivity contribution is 0.306.